The Morgan fingerprint density at radius 1 is 0.375 bits per heavy atom. The first kappa shape index (κ1) is 26.7. The van der Waals surface area contributed by atoms with Gasteiger partial charge in [0.1, 0.15) is 16.9 Å². The highest BCUT2D eigenvalue weighted by Gasteiger charge is 2.20. The van der Waals surface area contributed by atoms with Crippen LogP contribution in [-0.2, 0) is 0 Å². The maximum absolute atomic E-state index is 6.14. The van der Waals surface area contributed by atoms with Crippen molar-refractivity contribution in [1.82, 2.24) is 14.5 Å². The molecule has 0 aliphatic rings. The first-order valence-electron chi connectivity index (χ1n) is 16.2. The van der Waals surface area contributed by atoms with Gasteiger partial charge in [0.2, 0.25) is 0 Å². The van der Waals surface area contributed by atoms with E-state index < -0.39 is 0 Å². The molecule has 0 bridgehead atoms. The van der Waals surface area contributed by atoms with E-state index in [2.05, 4.69) is 126 Å². The molecule has 10 aromatic rings. The average Bonchev–Trinajstić information content (AvgIpc) is 3.69. The van der Waals surface area contributed by atoms with Crippen LogP contribution in [0.3, 0.4) is 0 Å². The van der Waals surface area contributed by atoms with E-state index in [1.165, 1.54) is 11.1 Å². The number of hydrogen-bond acceptors (Lipinski definition) is 3. The molecule has 3 heterocycles. The van der Waals surface area contributed by atoms with Crippen LogP contribution in [0.2, 0.25) is 0 Å². The molecule has 48 heavy (non-hydrogen) atoms. The zero-order chi connectivity index (χ0) is 31.6. The van der Waals surface area contributed by atoms with Crippen LogP contribution in [0.15, 0.2) is 168 Å². The van der Waals surface area contributed by atoms with Crippen molar-refractivity contribution in [3.63, 3.8) is 0 Å². The number of furan rings is 1. The Kier molecular flexibility index (Phi) is 5.84. The van der Waals surface area contributed by atoms with Gasteiger partial charge in [-0.3, -0.25) is 4.57 Å². The number of hydrogen-bond donors (Lipinski definition) is 0. The summed E-state index contributed by atoms with van der Waals surface area (Å²) in [7, 11) is 0. The molecule has 4 nitrogen and oxygen atoms in total. The molecule has 224 valence electrons. The first-order valence-corrected chi connectivity index (χ1v) is 16.2. The van der Waals surface area contributed by atoms with Crippen molar-refractivity contribution in [3.8, 4) is 39.3 Å². The number of rotatable bonds is 4. The second kappa shape index (κ2) is 10.5. The fraction of sp³-hybridized carbons (Fsp3) is 0. The molecule has 10 rings (SSSR count). The smallest absolute Gasteiger partial charge is 0.165 e. The molecule has 0 saturated carbocycles. The van der Waals surface area contributed by atoms with Crippen molar-refractivity contribution in [3.05, 3.63) is 164 Å². The standard InChI is InChI=1S/C44H27N3O/c1-3-11-28(12-4-1)30-19-22-39-34(25-30)35-26-31(32-21-24-42-36(27-32)33-15-7-10-18-41(33)48-42)20-23-40(35)47(39)44-43(29-13-5-2-6-14-29)45-37-16-8-9-17-38(37)46-44/h1-27H. The summed E-state index contributed by atoms with van der Waals surface area (Å²) in [5.41, 5.74) is 12.2. The minimum atomic E-state index is 0.811. The molecule has 0 aliphatic heterocycles. The minimum Gasteiger partial charge on any atom is -0.456 e. The predicted molar refractivity (Wildman–Crippen MR) is 197 cm³/mol. The van der Waals surface area contributed by atoms with E-state index in [0.29, 0.717) is 0 Å². The maximum atomic E-state index is 6.14. The fourth-order valence-electron chi connectivity index (χ4n) is 7.08. The maximum Gasteiger partial charge on any atom is 0.165 e. The zero-order valence-corrected chi connectivity index (χ0v) is 25.8. The summed E-state index contributed by atoms with van der Waals surface area (Å²) >= 11 is 0. The largest absolute Gasteiger partial charge is 0.456 e. The van der Waals surface area contributed by atoms with Crippen molar-refractivity contribution < 1.29 is 4.42 Å². The van der Waals surface area contributed by atoms with Crippen LogP contribution in [0.1, 0.15) is 0 Å². The summed E-state index contributed by atoms with van der Waals surface area (Å²) in [5.74, 6) is 0.811. The van der Waals surface area contributed by atoms with Gasteiger partial charge in [0.15, 0.2) is 5.82 Å². The Balaban J connectivity index is 1.27. The van der Waals surface area contributed by atoms with Crippen molar-refractivity contribution in [2.45, 2.75) is 0 Å². The summed E-state index contributed by atoms with van der Waals surface area (Å²) in [4.78, 5) is 10.5. The van der Waals surface area contributed by atoms with Gasteiger partial charge in [0.05, 0.1) is 22.1 Å². The number of nitrogens with zero attached hydrogens (tertiary/aromatic N) is 3. The first-order chi connectivity index (χ1) is 23.8. The lowest BCUT2D eigenvalue weighted by Gasteiger charge is -2.14. The van der Waals surface area contributed by atoms with Crippen LogP contribution < -0.4 is 0 Å². The van der Waals surface area contributed by atoms with E-state index >= 15 is 0 Å². The molecule has 3 aromatic heterocycles. The number of benzene rings is 7. The predicted octanol–water partition coefficient (Wildman–Crippen LogP) is 11.6. The van der Waals surface area contributed by atoms with Gasteiger partial charge in [0, 0.05) is 27.1 Å². The summed E-state index contributed by atoms with van der Waals surface area (Å²) in [6.07, 6.45) is 0. The molecule has 0 N–H and O–H groups in total. The molecule has 0 amide bonds. The highest BCUT2D eigenvalue weighted by molar-refractivity contribution is 6.12. The van der Waals surface area contributed by atoms with Crippen LogP contribution in [0.25, 0.3) is 94.1 Å². The van der Waals surface area contributed by atoms with E-state index in [4.69, 9.17) is 14.4 Å². The van der Waals surface area contributed by atoms with Gasteiger partial charge in [-0.2, -0.15) is 0 Å². The Labute approximate surface area is 276 Å². The van der Waals surface area contributed by atoms with Crippen molar-refractivity contribution >= 4 is 54.8 Å². The van der Waals surface area contributed by atoms with E-state index in [0.717, 1.165) is 83.0 Å². The molecule has 0 unspecified atom stereocenters. The lowest BCUT2D eigenvalue weighted by molar-refractivity contribution is 0.669. The van der Waals surface area contributed by atoms with Gasteiger partial charge < -0.3 is 4.42 Å². The normalized spacial score (nSPS) is 11.8. The van der Waals surface area contributed by atoms with Gasteiger partial charge in [0.25, 0.3) is 0 Å². The molecule has 0 saturated heterocycles. The SMILES string of the molecule is c1ccc(-c2ccc3c(c2)c2cc(-c4ccc5oc6ccccc6c5c4)ccc2n3-c2nc3ccccc3nc2-c2ccccc2)cc1. The molecule has 0 atom stereocenters. The molecule has 7 aromatic carbocycles. The van der Waals surface area contributed by atoms with Crippen LogP contribution in [0.5, 0.6) is 0 Å². The third-order valence-electron chi connectivity index (χ3n) is 9.39. The third kappa shape index (κ3) is 4.16. The van der Waals surface area contributed by atoms with Gasteiger partial charge in [-0.05, 0) is 76.9 Å². The van der Waals surface area contributed by atoms with Crippen LogP contribution in [0, 0.1) is 0 Å². The molecular formula is C44H27N3O. The van der Waals surface area contributed by atoms with Crippen molar-refractivity contribution in [2.24, 2.45) is 0 Å². The topological polar surface area (TPSA) is 43.9 Å². The summed E-state index contributed by atoms with van der Waals surface area (Å²) < 4.78 is 8.43. The second-order valence-electron chi connectivity index (χ2n) is 12.2. The number of para-hydroxylation sites is 3. The van der Waals surface area contributed by atoms with Crippen molar-refractivity contribution in [1.29, 1.82) is 0 Å². The van der Waals surface area contributed by atoms with Gasteiger partial charge in [-0.25, -0.2) is 9.97 Å². The fourth-order valence-corrected chi connectivity index (χ4v) is 7.08. The second-order valence-corrected chi connectivity index (χ2v) is 12.2. The average molecular weight is 614 g/mol. The summed E-state index contributed by atoms with van der Waals surface area (Å²) in [6.45, 7) is 0. The molecule has 0 radical (unpaired) electrons. The number of aromatic nitrogens is 3. The monoisotopic (exact) mass is 613 g/mol. The molecule has 0 aliphatic carbocycles. The quantitative estimate of drug-likeness (QED) is 0.198. The van der Waals surface area contributed by atoms with Crippen molar-refractivity contribution in [2.75, 3.05) is 0 Å². The van der Waals surface area contributed by atoms with E-state index in [1.807, 2.05) is 42.5 Å². The Morgan fingerprint density at radius 3 is 1.60 bits per heavy atom. The summed E-state index contributed by atoms with van der Waals surface area (Å²) in [5, 5.41) is 4.57. The third-order valence-corrected chi connectivity index (χ3v) is 9.39. The lowest BCUT2D eigenvalue weighted by atomic mass is 9.99. The Morgan fingerprint density at radius 2 is 0.896 bits per heavy atom. The molecule has 0 spiro atoms. The van der Waals surface area contributed by atoms with Gasteiger partial charge in [-0.15, -0.1) is 0 Å². The lowest BCUT2D eigenvalue weighted by Crippen LogP contribution is -2.03. The highest BCUT2D eigenvalue weighted by Crippen LogP contribution is 2.40. The molecule has 4 heteroatoms. The zero-order valence-electron chi connectivity index (χ0n) is 25.8. The van der Waals surface area contributed by atoms with E-state index in [1.54, 1.807) is 0 Å². The van der Waals surface area contributed by atoms with Gasteiger partial charge >= 0.3 is 0 Å². The van der Waals surface area contributed by atoms with Crippen LogP contribution in [-0.4, -0.2) is 14.5 Å². The highest BCUT2D eigenvalue weighted by atomic mass is 16.3. The van der Waals surface area contributed by atoms with Crippen LogP contribution in [0.4, 0.5) is 0 Å². The van der Waals surface area contributed by atoms with Crippen LogP contribution >= 0.6 is 0 Å². The molecular weight excluding hydrogens is 587 g/mol. The summed E-state index contributed by atoms with van der Waals surface area (Å²) in [6, 6.07) is 57.3. The van der Waals surface area contributed by atoms with E-state index in [-0.39, 0.29) is 0 Å². The van der Waals surface area contributed by atoms with E-state index in [9.17, 15) is 0 Å². The minimum absolute atomic E-state index is 0.811. The van der Waals surface area contributed by atoms with Gasteiger partial charge in [-0.1, -0.05) is 109 Å². The number of fused-ring (bicyclic) bond motifs is 7. The Hall–Kier alpha value is -6.52. The Bertz CT molecular complexity index is 2830. The molecule has 0 fully saturated rings.